The lowest BCUT2D eigenvalue weighted by molar-refractivity contribution is -0.117. The Bertz CT molecular complexity index is 416. The molecule has 0 atom stereocenters. The first-order valence-electron chi connectivity index (χ1n) is 7.58. The molecule has 0 amide bonds. The second kappa shape index (κ2) is 6.77. The Morgan fingerprint density at radius 3 is 2.85 bits per heavy atom. The van der Waals surface area contributed by atoms with Crippen molar-refractivity contribution in [3.63, 3.8) is 0 Å². The van der Waals surface area contributed by atoms with Gasteiger partial charge in [-0.25, -0.2) is 4.99 Å². The van der Waals surface area contributed by atoms with Gasteiger partial charge in [0.15, 0.2) is 5.84 Å². The molecule has 0 fully saturated rings. The van der Waals surface area contributed by atoms with Crippen molar-refractivity contribution in [2.45, 2.75) is 39.5 Å². The van der Waals surface area contributed by atoms with Crippen molar-refractivity contribution in [3.8, 4) is 0 Å². The van der Waals surface area contributed by atoms with Crippen molar-refractivity contribution in [3.05, 3.63) is 11.9 Å². The van der Waals surface area contributed by atoms with Crippen LogP contribution in [0.4, 0.5) is 0 Å². The summed E-state index contributed by atoms with van der Waals surface area (Å²) >= 11 is 0. The van der Waals surface area contributed by atoms with Crippen LogP contribution in [0.1, 0.15) is 39.5 Å². The molecule has 0 aromatic heterocycles. The Labute approximate surface area is 121 Å². The van der Waals surface area contributed by atoms with E-state index >= 15 is 0 Å². The highest BCUT2D eigenvalue weighted by molar-refractivity contribution is 5.99. The van der Waals surface area contributed by atoms with Gasteiger partial charge in [0.1, 0.15) is 12.5 Å². The largest absolute Gasteiger partial charge is 0.358 e. The number of ketones is 1. The molecule has 2 aliphatic rings. The molecule has 0 bridgehead atoms. The quantitative estimate of drug-likeness (QED) is 0.667. The number of hydrogen-bond donors (Lipinski definition) is 0. The average molecular weight is 278 g/mol. The number of likely N-dealkylation sites (N-methyl/N-ethyl adjacent to an activating group) is 1. The van der Waals surface area contributed by atoms with Crippen LogP contribution in [-0.2, 0) is 4.79 Å². The van der Waals surface area contributed by atoms with Gasteiger partial charge in [-0.3, -0.25) is 0 Å². The van der Waals surface area contributed by atoms with Gasteiger partial charge in [0, 0.05) is 32.8 Å². The molecule has 0 saturated heterocycles. The second-order valence-electron chi connectivity index (χ2n) is 5.71. The second-order valence-corrected chi connectivity index (χ2v) is 5.71. The highest BCUT2D eigenvalue weighted by atomic mass is 16.1. The van der Waals surface area contributed by atoms with Gasteiger partial charge in [0.25, 0.3) is 0 Å². The maximum atomic E-state index is 11.0. The molecular weight excluding hydrogens is 252 g/mol. The van der Waals surface area contributed by atoms with Crippen LogP contribution in [0.5, 0.6) is 0 Å². The Hall–Kier alpha value is -1.52. The Balaban J connectivity index is 1.91. The fourth-order valence-corrected chi connectivity index (χ4v) is 2.74. The SMILES string of the molecule is CCCN1CN=C2C1=CN(CCCCC(C)=O)CN2C. The lowest BCUT2D eigenvalue weighted by Gasteiger charge is -2.35. The number of carbonyl (C=O) groups is 1. The van der Waals surface area contributed by atoms with Crippen molar-refractivity contribution in [1.29, 1.82) is 0 Å². The summed E-state index contributed by atoms with van der Waals surface area (Å²) in [7, 11) is 2.10. The van der Waals surface area contributed by atoms with Crippen LogP contribution in [0.3, 0.4) is 0 Å². The number of rotatable bonds is 7. The van der Waals surface area contributed by atoms with Crippen LogP contribution in [0.15, 0.2) is 16.9 Å². The standard InChI is InChI=1S/C15H26N4O/c1-4-8-19-11-16-15-14(19)10-18(12-17(15)3)9-6-5-7-13(2)20/h10H,4-9,11-12H2,1-3H3. The Morgan fingerprint density at radius 1 is 1.35 bits per heavy atom. The molecule has 0 aromatic carbocycles. The molecule has 0 saturated carbocycles. The minimum absolute atomic E-state index is 0.290. The van der Waals surface area contributed by atoms with Gasteiger partial charge in [-0.1, -0.05) is 6.92 Å². The summed E-state index contributed by atoms with van der Waals surface area (Å²) < 4.78 is 0. The number of unbranched alkanes of at least 4 members (excludes halogenated alkanes) is 1. The molecule has 2 rings (SSSR count). The molecule has 2 aliphatic heterocycles. The Kier molecular flexibility index (Phi) is 5.04. The minimum atomic E-state index is 0.290. The third-order valence-corrected chi connectivity index (χ3v) is 3.74. The van der Waals surface area contributed by atoms with E-state index < -0.39 is 0 Å². The molecule has 0 radical (unpaired) electrons. The molecule has 2 heterocycles. The summed E-state index contributed by atoms with van der Waals surface area (Å²) in [6.45, 7) is 7.62. The van der Waals surface area contributed by atoms with Gasteiger partial charge in [-0.15, -0.1) is 0 Å². The van der Waals surface area contributed by atoms with E-state index in [2.05, 4.69) is 39.9 Å². The molecule has 5 heteroatoms. The zero-order valence-corrected chi connectivity index (χ0v) is 12.9. The maximum absolute atomic E-state index is 11.0. The highest BCUT2D eigenvalue weighted by Gasteiger charge is 2.28. The van der Waals surface area contributed by atoms with E-state index in [0.717, 1.165) is 51.5 Å². The molecule has 0 spiro atoms. The number of fused-ring (bicyclic) bond motifs is 1. The third kappa shape index (κ3) is 3.52. The van der Waals surface area contributed by atoms with Crippen LogP contribution in [0.25, 0.3) is 0 Å². The van der Waals surface area contributed by atoms with E-state index in [9.17, 15) is 4.79 Å². The fourth-order valence-electron chi connectivity index (χ4n) is 2.74. The summed E-state index contributed by atoms with van der Waals surface area (Å²) in [4.78, 5) is 22.5. The lowest BCUT2D eigenvalue weighted by Crippen LogP contribution is -2.43. The van der Waals surface area contributed by atoms with E-state index in [4.69, 9.17) is 0 Å². The van der Waals surface area contributed by atoms with Crippen LogP contribution >= 0.6 is 0 Å². The van der Waals surface area contributed by atoms with E-state index in [0.29, 0.717) is 12.2 Å². The van der Waals surface area contributed by atoms with Crippen molar-refractivity contribution in [1.82, 2.24) is 14.7 Å². The Morgan fingerprint density at radius 2 is 2.15 bits per heavy atom. The van der Waals surface area contributed by atoms with E-state index in [1.165, 1.54) is 5.70 Å². The summed E-state index contributed by atoms with van der Waals surface area (Å²) in [5.41, 5.74) is 1.26. The maximum Gasteiger partial charge on any atom is 0.152 e. The molecule has 0 unspecified atom stereocenters. The monoisotopic (exact) mass is 278 g/mol. The predicted octanol–water partition coefficient (Wildman–Crippen LogP) is 1.87. The molecule has 0 aliphatic carbocycles. The van der Waals surface area contributed by atoms with Gasteiger partial charge in [0.2, 0.25) is 0 Å². The predicted molar refractivity (Wildman–Crippen MR) is 81.3 cm³/mol. The summed E-state index contributed by atoms with van der Waals surface area (Å²) in [6, 6.07) is 0. The number of carbonyl (C=O) groups excluding carboxylic acids is 1. The van der Waals surface area contributed by atoms with Crippen molar-refractivity contribution in [2.75, 3.05) is 33.5 Å². The molecule has 112 valence electrons. The van der Waals surface area contributed by atoms with Gasteiger partial charge >= 0.3 is 0 Å². The van der Waals surface area contributed by atoms with Crippen LogP contribution in [0.2, 0.25) is 0 Å². The number of Topliss-reactive ketones (excluding diaryl/α,β-unsaturated/α-hetero) is 1. The zero-order chi connectivity index (χ0) is 14.5. The van der Waals surface area contributed by atoms with E-state index in [-0.39, 0.29) is 0 Å². The van der Waals surface area contributed by atoms with Crippen molar-refractivity contribution < 1.29 is 4.79 Å². The van der Waals surface area contributed by atoms with Gasteiger partial charge in [0.05, 0.1) is 12.4 Å². The molecule has 5 nitrogen and oxygen atoms in total. The van der Waals surface area contributed by atoms with Gasteiger partial charge < -0.3 is 19.5 Å². The summed E-state index contributed by atoms with van der Waals surface area (Å²) in [5.74, 6) is 1.41. The number of aliphatic imine (C=N–C) groups is 1. The molecule has 0 N–H and O–H groups in total. The zero-order valence-electron chi connectivity index (χ0n) is 12.9. The van der Waals surface area contributed by atoms with Crippen LogP contribution < -0.4 is 0 Å². The van der Waals surface area contributed by atoms with Gasteiger partial charge in [-0.05, 0) is 26.2 Å². The van der Waals surface area contributed by atoms with Crippen molar-refractivity contribution in [2.24, 2.45) is 4.99 Å². The summed E-state index contributed by atoms with van der Waals surface area (Å²) in [5, 5.41) is 0. The average Bonchev–Trinajstić information content (AvgIpc) is 2.79. The fraction of sp³-hybridized carbons (Fsp3) is 0.733. The normalized spacial score (nSPS) is 18.1. The minimum Gasteiger partial charge on any atom is -0.358 e. The van der Waals surface area contributed by atoms with Gasteiger partial charge in [-0.2, -0.15) is 0 Å². The highest BCUT2D eigenvalue weighted by Crippen LogP contribution is 2.22. The van der Waals surface area contributed by atoms with E-state index in [1.807, 2.05) is 0 Å². The summed E-state index contributed by atoms with van der Waals surface area (Å²) in [6.07, 6.45) is 6.14. The molecule has 20 heavy (non-hydrogen) atoms. The van der Waals surface area contributed by atoms with Crippen LogP contribution in [-0.4, -0.2) is 59.8 Å². The first-order valence-corrected chi connectivity index (χ1v) is 7.58. The molecular formula is C15H26N4O. The lowest BCUT2D eigenvalue weighted by atomic mass is 10.2. The first kappa shape index (κ1) is 14.9. The molecule has 0 aromatic rings. The third-order valence-electron chi connectivity index (χ3n) is 3.74. The van der Waals surface area contributed by atoms with Crippen molar-refractivity contribution >= 4 is 11.6 Å². The smallest absolute Gasteiger partial charge is 0.152 e. The number of amidine groups is 1. The first-order chi connectivity index (χ1) is 9.61. The van der Waals surface area contributed by atoms with Crippen LogP contribution in [0, 0.1) is 0 Å². The number of hydrogen-bond acceptors (Lipinski definition) is 5. The topological polar surface area (TPSA) is 39.1 Å². The van der Waals surface area contributed by atoms with E-state index in [1.54, 1.807) is 6.92 Å². The number of nitrogens with zero attached hydrogens (tertiary/aromatic N) is 4.